The molecule has 0 spiro atoms. The number of carbonyl (C=O) groups excluding carboxylic acids is 1. The lowest BCUT2D eigenvalue weighted by Gasteiger charge is -2.09. The highest BCUT2D eigenvalue weighted by Crippen LogP contribution is 1.97. The first-order valence-corrected chi connectivity index (χ1v) is 5.14. The van der Waals surface area contributed by atoms with E-state index in [1.165, 1.54) is 12.1 Å². The lowest BCUT2D eigenvalue weighted by Crippen LogP contribution is -2.27. The van der Waals surface area contributed by atoms with E-state index in [1.807, 2.05) is 19.0 Å². The molecule has 1 aromatic rings. The maximum absolute atomic E-state index is 12.5. The molecule has 0 radical (unpaired) electrons. The van der Waals surface area contributed by atoms with Crippen LogP contribution in [-0.2, 0) is 0 Å². The maximum Gasteiger partial charge on any atom is 0.269 e. The molecule has 16 heavy (non-hydrogen) atoms. The van der Waals surface area contributed by atoms with Gasteiger partial charge >= 0.3 is 0 Å². The average molecular weight is 224 g/mol. The Kier molecular flexibility index (Phi) is 4.85. The van der Waals surface area contributed by atoms with E-state index in [4.69, 9.17) is 0 Å². The molecule has 1 N–H and O–H groups in total. The van der Waals surface area contributed by atoms with E-state index in [1.54, 1.807) is 0 Å². The number of rotatable bonds is 5. The zero-order valence-corrected chi connectivity index (χ0v) is 9.53. The summed E-state index contributed by atoms with van der Waals surface area (Å²) in [4.78, 5) is 17.2. The smallest absolute Gasteiger partial charge is 0.269 e. The fraction of sp³-hybridized carbons (Fsp3) is 0.455. The lowest BCUT2D eigenvalue weighted by molar-refractivity contribution is 0.0947. The summed E-state index contributed by atoms with van der Waals surface area (Å²) in [7, 11) is 3.95. The number of nitrogens with zero attached hydrogens (tertiary/aromatic N) is 2. The third-order valence-electron chi connectivity index (χ3n) is 2.03. The SMILES string of the molecule is CN(C)CCCNC(=O)c1ccc([18F])cn1. The van der Waals surface area contributed by atoms with Crippen LogP contribution in [0.25, 0.3) is 0 Å². The topological polar surface area (TPSA) is 45.2 Å². The van der Waals surface area contributed by atoms with Crippen molar-refractivity contribution in [3.05, 3.63) is 29.8 Å². The summed E-state index contributed by atoms with van der Waals surface area (Å²) in [5.74, 6) is -0.706. The molecule has 0 atom stereocenters. The summed E-state index contributed by atoms with van der Waals surface area (Å²) in [6, 6.07) is 2.60. The first-order valence-electron chi connectivity index (χ1n) is 5.14. The fourth-order valence-electron chi connectivity index (χ4n) is 1.20. The van der Waals surface area contributed by atoms with Crippen LogP contribution in [0, 0.1) is 5.82 Å². The average Bonchev–Trinajstić information content (AvgIpc) is 2.25. The molecule has 88 valence electrons. The number of pyridine rings is 1. The molecule has 4 nitrogen and oxygen atoms in total. The molecular weight excluding hydrogens is 208 g/mol. The van der Waals surface area contributed by atoms with Gasteiger partial charge in [0, 0.05) is 6.54 Å². The Hall–Kier alpha value is -1.49. The van der Waals surface area contributed by atoms with Gasteiger partial charge in [-0.3, -0.25) is 4.79 Å². The van der Waals surface area contributed by atoms with Gasteiger partial charge in [-0.25, -0.2) is 9.37 Å². The van der Waals surface area contributed by atoms with Crippen molar-refractivity contribution >= 4 is 5.91 Å². The van der Waals surface area contributed by atoms with Crippen LogP contribution >= 0.6 is 0 Å². The van der Waals surface area contributed by atoms with Gasteiger partial charge in [0.1, 0.15) is 11.5 Å². The largest absolute Gasteiger partial charge is 0.351 e. The summed E-state index contributed by atoms with van der Waals surface area (Å²) in [6.45, 7) is 1.51. The van der Waals surface area contributed by atoms with Gasteiger partial charge in [-0.2, -0.15) is 0 Å². The third-order valence-corrected chi connectivity index (χ3v) is 2.03. The van der Waals surface area contributed by atoms with Crippen LogP contribution in [0.4, 0.5) is 4.39 Å². The number of aromatic nitrogens is 1. The summed E-state index contributed by atoms with van der Waals surface area (Å²) in [5.41, 5.74) is 0.242. The maximum atomic E-state index is 12.5. The molecule has 0 saturated carbocycles. The molecule has 0 aliphatic rings. The number of hydrogen-bond donors (Lipinski definition) is 1. The van der Waals surface area contributed by atoms with Crippen LogP contribution in [0.3, 0.4) is 0 Å². The van der Waals surface area contributed by atoms with E-state index in [0.29, 0.717) is 6.54 Å². The minimum atomic E-state index is -0.441. The van der Waals surface area contributed by atoms with Crippen LogP contribution in [-0.4, -0.2) is 43.0 Å². The molecule has 0 aliphatic carbocycles. The Morgan fingerprint density at radius 2 is 2.25 bits per heavy atom. The molecule has 1 heterocycles. The lowest BCUT2D eigenvalue weighted by atomic mass is 10.3. The van der Waals surface area contributed by atoms with Crippen LogP contribution in [0.1, 0.15) is 16.9 Å². The highest BCUT2D eigenvalue weighted by molar-refractivity contribution is 5.92. The number of hydrogen-bond acceptors (Lipinski definition) is 3. The zero-order chi connectivity index (χ0) is 12.0. The molecule has 0 fully saturated rings. The number of amides is 1. The summed E-state index contributed by atoms with van der Waals surface area (Å²) < 4.78 is 12.5. The molecule has 5 heteroatoms. The van der Waals surface area contributed by atoms with Crippen LogP contribution in [0.15, 0.2) is 18.3 Å². The molecule has 0 aliphatic heterocycles. The first kappa shape index (κ1) is 12.6. The Balaban J connectivity index is 2.32. The van der Waals surface area contributed by atoms with Gasteiger partial charge in [0.05, 0.1) is 6.20 Å². The molecular formula is C11H16FN3O. The second-order valence-corrected chi connectivity index (χ2v) is 3.77. The van der Waals surface area contributed by atoms with Crippen molar-refractivity contribution in [2.24, 2.45) is 0 Å². The summed E-state index contributed by atoms with van der Waals surface area (Å²) in [6.07, 6.45) is 1.91. The molecule has 0 bridgehead atoms. The zero-order valence-electron chi connectivity index (χ0n) is 9.53. The molecule has 0 aromatic carbocycles. The predicted molar refractivity (Wildman–Crippen MR) is 59.7 cm³/mol. The van der Waals surface area contributed by atoms with Gasteiger partial charge in [-0.05, 0) is 39.2 Å². The second kappa shape index (κ2) is 6.17. The highest BCUT2D eigenvalue weighted by atomic mass is 18.2. The van der Waals surface area contributed by atoms with Gasteiger partial charge in [0.2, 0.25) is 0 Å². The summed E-state index contributed by atoms with van der Waals surface area (Å²) in [5, 5.41) is 2.72. The van der Waals surface area contributed by atoms with Crippen molar-refractivity contribution in [1.29, 1.82) is 0 Å². The monoisotopic (exact) mass is 224 g/mol. The molecule has 0 saturated heterocycles. The standard InChI is InChI=1S/C11H16FN3O/c1-15(2)7-3-6-13-11(16)10-5-4-9(12)8-14-10/h4-5,8H,3,6-7H2,1-2H3,(H,13,16)/i12-1. The van der Waals surface area contributed by atoms with Crippen molar-refractivity contribution in [2.45, 2.75) is 6.42 Å². The van der Waals surface area contributed by atoms with E-state index >= 15 is 0 Å². The van der Waals surface area contributed by atoms with E-state index < -0.39 is 5.82 Å². The van der Waals surface area contributed by atoms with E-state index in [0.717, 1.165) is 19.2 Å². The normalized spacial score (nSPS) is 10.5. The van der Waals surface area contributed by atoms with Gasteiger partial charge in [-0.15, -0.1) is 0 Å². The van der Waals surface area contributed by atoms with E-state index in [-0.39, 0.29) is 11.6 Å². The summed E-state index contributed by atoms with van der Waals surface area (Å²) >= 11 is 0. The molecule has 0 unspecified atom stereocenters. The molecule has 1 rings (SSSR count). The number of halogens is 1. The minimum Gasteiger partial charge on any atom is -0.351 e. The Morgan fingerprint density at radius 1 is 1.50 bits per heavy atom. The minimum absolute atomic E-state index is 0.242. The fourth-order valence-corrected chi connectivity index (χ4v) is 1.20. The second-order valence-electron chi connectivity index (χ2n) is 3.77. The molecule has 1 amide bonds. The van der Waals surface area contributed by atoms with Gasteiger partial charge in [0.25, 0.3) is 5.91 Å². The van der Waals surface area contributed by atoms with Crippen molar-refractivity contribution in [3.8, 4) is 0 Å². The molecule has 1 aromatic heterocycles. The van der Waals surface area contributed by atoms with Crippen LogP contribution in [0.5, 0.6) is 0 Å². The Labute approximate surface area is 94.5 Å². The predicted octanol–water partition coefficient (Wildman–Crippen LogP) is 0.902. The van der Waals surface area contributed by atoms with Crippen LogP contribution in [0.2, 0.25) is 0 Å². The number of carbonyl (C=O) groups is 1. The van der Waals surface area contributed by atoms with Gasteiger partial charge in [-0.1, -0.05) is 0 Å². The Bertz CT molecular complexity index is 338. The Morgan fingerprint density at radius 3 is 2.81 bits per heavy atom. The van der Waals surface area contributed by atoms with Crippen LogP contribution < -0.4 is 5.32 Å². The van der Waals surface area contributed by atoms with Gasteiger partial charge < -0.3 is 10.2 Å². The first-order chi connectivity index (χ1) is 7.59. The van der Waals surface area contributed by atoms with Crippen molar-refractivity contribution in [1.82, 2.24) is 15.2 Å². The van der Waals surface area contributed by atoms with Crippen molar-refractivity contribution in [3.63, 3.8) is 0 Å². The number of nitrogens with one attached hydrogen (secondary N) is 1. The van der Waals surface area contributed by atoms with E-state index in [9.17, 15) is 9.18 Å². The van der Waals surface area contributed by atoms with Crippen molar-refractivity contribution in [2.75, 3.05) is 27.2 Å². The van der Waals surface area contributed by atoms with E-state index in [2.05, 4.69) is 10.3 Å². The van der Waals surface area contributed by atoms with Crippen molar-refractivity contribution < 1.29 is 9.18 Å². The highest BCUT2D eigenvalue weighted by Gasteiger charge is 2.05. The van der Waals surface area contributed by atoms with Gasteiger partial charge in [0.15, 0.2) is 0 Å². The quantitative estimate of drug-likeness (QED) is 0.756. The third kappa shape index (κ3) is 4.35.